The van der Waals surface area contributed by atoms with Gasteiger partial charge in [-0.3, -0.25) is 0 Å². The van der Waals surface area contributed by atoms with Crippen LogP contribution < -0.4 is 5.32 Å². The van der Waals surface area contributed by atoms with E-state index in [2.05, 4.69) is 31.1 Å². The summed E-state index contributed by atoms with van der Waals surface area (Å²) in [4.78, 5) is 4.35. The van der Waals surface area contributed by atoms with E-state index < -0.39 is 0 Å². The topological polar surface area (TPSA) is 38.1 Å². The summed E-state index contributed by atoms with van der Waals surface area (Å²) in [5.41, 5.74) is 1.32. The van der Waals surface area contributed by atoms with Crippen molar-refractivity contribution in [1.29, 1.82) is 0 Å². The van der Waals surface area contributed by atoms with Gasteiger partial charge in [0.15, 0.2) is 6.39 Å². The highest BCUT2D eigenvalue weighted by atomic mass is 16.3. The van der Waals surface area contributed by atoms with E-state index in [1.807, 2.05) is 0 Å². The number of aromatic nitrogens is 1. The molecule has 1 aromatic heterocycles. The molecule has 90 valence electrons. The van der Waals surface area contributed by atoms with Crippen LogP contribution in [0.25, 0.3) is 0 Å². The third-order valence-corrected chi connectivity index (χ3v) is 3.57. The Balaban J connectivity index is 2.12. The van der Waals surface area contributed by atoms with Crippen molar-refractivity contribution in [3.63, 3.8) is 0 Å². The lowest BCUT2D eigenvalue weighted by molar-refractivity contribution is 0.359. The second kappa shape index (κ2) is 4.58. The monoisotopic (exact) mass is 222 g/mol. The summed E-state index contributed by atoms with van der Waals surface area (Å²) in [5.74, 6) is 1.11. The Kier molecular flexibility index (Phi) is 3.33. The fourth-order valence-electron chi connectivity index (χ4n) is 2.57. The predicted molar refractivity (Wildman–Crippen MR) is 64.3 cm³/mol. The molecule has 1 aromatic rings. The lowest BCUT2D eigenvalue weighted by Gasteiger charge is -2.21. The molecule has 1 heterocycles. The van der Waals surface area contributed by atoms with Gasteiger partial charge in [-0.25, -0.2) is 4.98 Å². The Labute approximate surface area is 97.6 Å². The molecule has 1 aliphatic carbocycles. The molecule has 0 aromatic carbocycles. The van der Waals surface area contributed by atoms with Crippen LogP contribution in [0.2, 0.25) is 0 Å². The molecule has 2 rings (SSSR count). The van der Waals surface area contributed by atoms with Gasteiger partial charge in [0.2, 0.25) is 0 Å². The number of nitrogens with zero attached hydrogens (tertiary/aromatic N) is 1. The lowest BCUT2D eigenvalue weighted by atomic mass is 9.85. The fraction of sp³-hybridized carbons (Fsp3) is 0.769. The third kappa shape index (κ3) is 2.29. The zero-order valence-electron chi connectivity index (χ0n) is 10.5. The van der Waals surface area contributed by atoms with Crippen molar-refractivity contribution in [1.82, 2.24) is 10.3 Å². The maximum atomic E-state index is 5.63. The standard InChI is InChI=1S/C13H22N2O/c1-10(2)14-8-11-12(16-9-15-11)13(3)6-4-5-7-13/h9-10,14H,4-8H2,1-3H3. The van der Waals surface area contributed by atoms with E-state index in [9.17, 15) is 0 Å². The van der Waals surface area contributed by atoms with Gasteiger partial charge in [0.05, 0.1) is 5.69 Å². The van der Waals surface area contributed by atoms with Crippen LogP contribution in [-0.2, 0) is 12.0 Å². The second-order valence-corrected chi connectivity index (χ2v) is 5.43. The molecule has 0 amide bonds. The number of rotatable bonds is 4. The largest absolute Gasteiger partial charge is 0.448 e. The summed E-state index contributed by atoms with van der Waals surface area (Å²) < 4.78 is 5.63. The van der Waals surface area contributed by atoms with Crippen LogP contribution >= 0.6 is 0 Å². The lowest BCUT2D eigenvalue weighted by Crippen LogP contribution is -2.25. The molecule has 1 aliphatic rings. The van der Waals surface area contributed by atoms with Crippen molar-refractivity contribution in [2.75, 3.05) is 0 Å². The first kappa shape index (κ1) is 11.6. The third-order valence-electron chi connectivity index (χ3n) is 3.57. The van der Waals surface area contributed by atoms with Crippen LogP contribution in [0, 0.1) is 0 Å². The molecule has 0 spiro atoms. The van der Waals surface area contributed by atoms with Crippen molar-refractivity contribution in [2.24, 2.45) is 0 Å². The van der Waals surface area contributed by atoms with Gasteiger partial charge in [-0.2, -0.15) is 0 Å². The summed E-state index contributed by atoms with van der Waals surface area (Å²) >= 11 is 0. The van der Waals surface area contributed by atoms with Crippen LogP contribution in [0.4, 0.5) is 0 Å². The van der Waals surface area contributed by atoms with Gasteiger partial charge in [0, 0.05) is 18.0 Å². The Morgan fingerprint density at radius 2 is 2.12 bits per heavy atom. The highest BCUT2D eigenvalue weighted by molar-refractivity contribution is 5.19. The van der Waals surface area contributed by atoms with Crippen LogP contribution in [-0.4, -0.2) is 11.0 Å². The Morgan fingerprint density at radius 3 is 2.75 bits per heavy atom. The van der Waals surface area contributed by atoms with E-state index in [-0.39, 0.29) is 5.41 Å². The van der Waals surface area contributed by atoms with E-state index in [1.54, 1.807) is 6.39 Å². The summed E-state index contributed by atoms with van der Waals surface area (Å²) in [6, 6.07) is 0.487. The Morgan fingerprint density at radius 1 is 1.44 bits per heavy atom. The highest BCUT2D eigenvalue weighted by Crippen LogP contribution is 2.41. The first-order chi connectivity index (χ1) is 7.62. The van der Waals surface area contributed by atoms with Crippen molar-refractivity contribution in [3.05, 3.63) is 17.8 Å². The number of nitrogens with one attached hydrogen (secondary N) is 1. The van der Waals surface area contributed by atoms with E-state index >= 15 is 0 Å². The molecule has 0 aliphatic heterocycles. The average molecular weight is 222 g/mol. The molecule has 0 bridgehead atoms. The van der Waals surface area contributed by atoms with Gasteiger partial charge < -0.3 is 9.73 Å². The van der Waals surface area contributed by atoms with Crippen LogP contribution in [0.5, 0.6) is 0 Å². The molecule has 1 fully saturated rings. The fourth-order valence-corrected chi connectivity index (χ4v) is 2.57. The first-order valence-electron chi connectivity index (χ1n) is 6.28. The van der Waals surface area contributed by atoms with Gasteiger partial charge in [0.1, 0.15) is 5.76 Å². The Hall–Kier alpha value is -0.830. The van der Waals surface area contributed by atoms with Crippen LogP contribution in [0.3, 0.4) is 0 Å². The van der Waals surface area contributed by atoms with Crippen molar-refractivity contribution in [3.8, 4) is 0 Å². The van der Waals surface area contributed by atoms with Crippen molar-refractivity contribution in [2.45, 2.75) is 64.5 Å². The van der Waals surface area contributed by atoms with E-state index in [0.717, 1.165) is 18.0 Å². The van der Waals surface area contributed by atoms with Gasteiger partial charge in [-0.1, -0.05) is 33.6 Å². The summed E-state index contributed by atoms with van der Waals surface area (Å²) in [6.45, 7) is 7.42. The van der Waals surface area contributed by atoms with Gasteiger partial charge in [0.25, 0.3) is 0 Å². The summed E-state index contributed by atoms with van der Waals surface area (Å²) in [6.07, 6.45) is 6.69. The molecule has 3 heteroatoms. The molecule has 0 atom stereocenters. The minimum absolute atomic E-state index is 0.227. The number of hydrogen-bond donors (Lipinski definition) is 1. The van der Waals surface area contributed by atoms with Crippen LogP contribution in [0.1, 0.15) is 57.9 Å². The maximum Gasteiger partial charge on any atom is 0.181 e. The molecule has 0 saturated heterocycles. The molecular formula is C13H22N2O. The highest BCUT2D eigenvalue weighted by Gasteiger charge is 2.35. The smallest absolute Gasteiger partial charge is 0.181 e. The molecule has 0 unspecified atom stereocenters. The molecular weight excluding hydrogens is 200 g/mol. The number of oxazole rings is 1. The quantitative estimate of drug-likeness (QED) is 0.851. The molecule has 0 radical (unpaired) electrons. The maximum absolute atomic E-state index is 5.63. The van der Waals surface area contributed by atoms with Gasteiger partial charge in [-0.05, 0) is 12.8 Å². The predicted octanol–water partition coefficient (Wildman–Crippen LogP) is 3.00. The van der Waals surface area contributed by atoms with Gasteiger partial charge >= 0.3 is 0 Å². The normalized spacial score (nSPS) is 19.5. The molecule has 16 heavy (non-hydrogen) atoms. The summed E-state index contributed by atoms with van der Waals surface area (Å²) in [7, 11) is 0. The zero-order chi connectivity index (χ0) is 11.6. The second-order valence-electron chi connectivity index (χ2n) is 5.43. The minimum atomic E-state index is 0.227. The van der Waals surface area contributed by atoms with E-state index in [1.165, 1.54) is 25.7 Å². The molecule has 1 N–H and O–H groups in total. The number of hydrogen-bond acceptors (Lipinski definition) is 3. The summed E-state index contributed by atoms with van der Waals surface area (Å²) in [5, 5.41) is 3.41. The van der Waals surface area contributed by atoms with Crippen LogP contribution in [0.15, 0.2) is 10.8 Å². The SMILES string of the molecule is CC(C)NCc1ncoc1C1(C)CCCC1. The van der Waals surface area contributed by atoms with Crippen molar-refractivity contribution >= 4 is 0 Å². The molecule has 1 saturated carbocycles. The molecule has 3 nitrogen and oxygen atoms in total. The van der Waals surface area contributed by atoms with E-state index in [4.69, 9.17) is 4.42 Å². The first-order valence-corrected chi connectivity index (χ1v) is 6.28. The van der Waals surface area contributed by atoms with Crippen molar-refractivity contribution < 1.29 is 4.42 Å². The van der Waals surface area contributed by atoms with Gasteiger partial charge in [-0.15, -0.1) is 0 Å². The average Bonchev–Trinajstić information content (AvgIpc) is 2.83. The Bertz CT molecular complexity index is 337. The zero-order valence-corrected chi connectivity index (χ0v) is 10.5. The van der Waals surface area contributed by atoms with E-state index in [0.29, 0.717) is 6.04 Å². The minimum Gasteiger partial charge on any atom is -0.448 e.